The van der Waals surface area contributed by atoms with Crippen LogP contribution < -0.4 is 0 Å². The number of para-hydroxylation sites is 1. The monoisotopic (exact) mass is 223 g/mol. The van der Waals surface area contributed by atoms with Gasteiger partial charge in [-0.15, -0.1) is 0 Å². The number of carbonyl (C=O) groups is 2. The molecule has 0 fully saturated rings. The van der Waals surface area contributed by atoms with Crippen molar-refractivity contribution in [2.24, 2.45) is 0 Å². The molecule has 1 amide bonds. The van der Waals surface area contributed by atoms with E-state index in [-0.39, 0.29) is 17.9 Å². The van der Waals surface area contributed by atoms with Gasteiger partial charge in [0.05, 0.1) is 0 Å². The maximum atomic E-state index is 11.1. The van der Waals surface area contributed by atoms with E-state index in [1.807, 2.05) is 0 Å². The number of nitrogens with zero attached hydrogens (tertiary/aromatic N) is 1. The van der Waals surface area contributed by atoms with Crippen molar-refractivity contribution in [3.05, 3.63) is 29.8 Å². The van der Waals surface area contributed by atoms with Crippen LogP contribution in [0.25, 0.3) is 0 Å². The molecule has 1 unspecified atom stereocenters. The van der Waals surface area contributed by atoms with Crippen LogP contribution in [0.4, 0.5) is 0 Å². The first kappa shape index (κ1) is 12.0. The van der Waals surface area contributed by atoms with Crippen molar-refractivity contribution in [2.45, 2.75) is 13.0 Å². The predicted octanol–water partition coefficient (Wildman–Crippen LogP) is 0.996. The second kappa shape index (κ2) is 5.16. The van der Waals surface area contributed by atoms with Gasteiger partial charge in [-0.3, -0.25) is 4.79 Å². The van der Waals surface area contributed by atoms with Gasteiger partial charge >= 0.3 is 5.97 Å². The molecule has 0 heterocycles. The number of hydrogen-bond acceptors (Lipinski definition) is 3. The van der Waals surface area contributed by atoms with E-state index in [1.54, 1.807) is 19.1 Å². The highest BCUT2D eigenvalue weighted by molar-refractivity contribution is 5.79. The van der Waals surface area contributed by atoms with Gasteiger partial charge in [-0.25, -0.2) is 4.79 Å². The Morgan fingerprint density at radius 2 is 2.12 bits per heavy atom. The number of carbonyl (C=O) groups excluding carboxylic acids is 1. The van der Waals surface area contributed by atoms with Gasteiger partial charge in [0.25, 0.3) is 0 Å². The zero-order chi connectivity index (χ0) is 12.1. The first-order valence-electron chi connectivity index (χ1n) is 4.83. The fourth-order valence-corrected chi connectivity index (χ4v) is 1.49. The molecule has 1 aromatic carbocycles. The summed E-state index contributed by atoms with van der Waals surface area (Å²) < 4.78 is 0. The lowest BCUT2D eigenvalue weighted by Gasteiger charge is -2.24. The third-order valence-electron chi connectivity index (χ3n) is 2.30. The van der Waals surface area contributed by atoms with Crippen LogP contribution in [0.1, 0.15) is 18.5 Å². The van der Waals surface area contributed by atoms with Gasteiger partial charge < -0.3 is 15.1 Å². The Bertz CT molecular complexity index is 391. The standard InChI is InChI=1S/C11H13NO4/c1-2-12(7-13)10(11(15)16)8-5-3-4-6-9(8)14/h3-7,10,14H,2H2,1H3,(H,15,16). The van der Waals surface area contributed by atoms with Crippen molar-refractivity contribution in [2.75, 3.05) is 6.54 Å². The quantitative estimate of drug-likeness (QED) is 0.730. The molecule has 86 valence electrons. The minimum atomic E-state index is -1.17. The molecular weight excluding hydrogens is 210 g/mol. The molecule has 16 heavy (non-hydrogen) atoms. The van der Waals surface area contributed by atoms with E-state index in [9.17, 15) is 14.7 Å². The van der Waals surface area contributed by atoms with Crippen molar-refractivity contribution in [3.63, 3.8) is 0 Å². The molecule has 0 bridgehead atoms. The van der Waals surface area contributed by atoms with Crippen LogP contribution in [-0.4, -0.2) is 34.0 Å². The second-order valence-corrected chi connectivity index (χ2v) is 3.24. The van der Waals surface area contributed by atoms with Gasteiger partial charge in [-0.2, -0.15) is 0 Å². The number of carboxylic acid groups (broad SMARTS) is 1. The first-order chi connectivity index (χ1) is 7.61. The smallest absolute Gasteiger partial charge is 0.331 e. The minimum Gasteiger partial charge on any atom is -0.508 e. The largest absolute Gasteiger partial charge is 0.508 e. The molecule has 0 aliphatic rings. The molecular formula is C11H13NO4. The lowest BCUT2D eigenvalue weighted by Crippen LogP contribution is -2.32. The van der Waals surface area contributed by atoms with Crippen LogP contribution in [0, 0.1) is 0 Å². The molecule has 1 atom stereocenters. The molecule has 5 heteroatoms. The van der Waals surface area contributed by atoms with Gasteiger partial charge in [0.1, 0.15) is 5.75 Å². The molecule has 1 rings (SSSR count). The summed E-state index contributed by atoms with van der Waals surface area (Å²) in [7, 11) is 0. The number of benzene rings is 1. The van der Waals surface area contributed by atoms with E-state index >= 15 is 0 Å². The number of rotatable bonds is 5. The van der Waals surface area contributed by atoms with Crippen molar-refractivity contribution in [3.8, 4) is 5.75 Å². The summed E-state index contributed by atoms with van der Waals surface area (Å²) in [6.45, 7) is 1.93. The Morgan fingerprint density at radius 1 is 1.50 bits per heavy atom. The van der Waals surface area contributed by atoms with Crippen molar-refractivity contribution < 1.29 is 19.8 Å². The van der Waals surface area contributed by atoms with E-state index in [0.717, 1.165) is 4.90 Å². The number of amides is 1. The minimum absolute atomic E-state index is 0.129. The zero-order valence-corrected chi connectivity index (χ0v) is 8.83. The summed E-state index contributed by atoms with van der Waals surface area (Å²) in [5, 5.41) is 18.6. The number of carboxylic acids is 1. The van der Waals surface area contributed by atoms with E-state index in [2.05, 4.69) is 0 Å². The van der Waals surface area contributed by atoms with E-state index < -0.39 is 12.0 Å². The number of aromatic hydroxyl groups is 1. The van der Waals surface area contributed by atoms with Crippen LogP contribution in [0.2, 0.25) is 0 Å². The summed E-state index contributed by atoms with van der Waals surface area (Å²) in [6, 6.07) is 4.94. The van der Waals surface area contributed by atoms with Crippen LogP contribution in [0.5, 0.6) is 5.75 Å². The number of likely N-dealkylation sites (N-methyl/N-ethyl adjacent to an activating group) is 1. The topological polar surface area (TPSA) is 77.8 Å². The molecule has 0 radical (unpaired) electrons. The lowest BCUT2D eigenvalue weighted by atomic mass is 10.0. The van der Waals surface area contributed by atoms with Gasteiger partial charge in [0.2, 0.25) is 6.41 Å². The first-order valence-corrected chi connectivity index (χ1v) is 4.83. The molecule has 2 N–H and O–H groups in total. The molecule has 0 saturated heterocycles. The van der Waals surface area contributed by atoms with Crippen molar-refractivity contribution >= 4 is 12.4 Å². The van der Waals surface area contributed by atoms with Crippen molar-refractivity contribution in [1.82, 2.24) is 4.90 Å². The molecule has 0 aromatic heterocycles. The summed E-state index contributed by atoms with van der Waals surface area (Å²) in [5.41, 5.74) is 0.212. The normalized spacial score (nSPS) is 11.8. The summed E-state index contributed by atoms with van der Waals surface area (Å²) in [5.74, 6) is -1.30. The Labute approximate surface area is 92.9 Å². The van der Waals surface area contributed by atoms with E-state index in [0.29, 0.717) is 6.41 Å². The van der Waals surface area contributed by atoms with Gasteiger partial charge in [-0.05, 0) is 13.0 Å². The zero-order valence-electron chi connectivity index (χ0n) is 8.83. The lowest BCUT2D eigenvalue weighted by molar-refractivity contribution is -0.146. The Morgan fingerprint density at radius 3 is 2.56 bits per heavy atom. The fourth-order valence-electron chi connectivity index (χ4n) is 1.49. The van der Waals surface area contributed by atoms with Gasteiger partial charge in [0, 0.05) is 12.1 Å². The Kier molecular flexibility index (Phi) is 3.88. The van der Waals surface area contributed by atoms with Gasteiger partial charge in [-0.1, -0.05) is 18.2 Å². The predicted molar refractivity (Wildman–Crippen MR) is 56.9 cm³/mol. The van der Waals surface area contributed by atoms with Crippen LogP contribution in [0.15, 0.2) is 24.3 Å². The fraction of sp³-hybridized carbons (Fsp3) is 0.273. The van der Waals surface area contributed by atoms with Crippen LogP contribution in [0.3, 0.4) is 0 Å². The summed E-state index contributed by atoms with van der Waals surface area (Å²) >= 11 is 0. The molecule has 0 spiro atoms. The Balaban J connectivity index is 3.17. The number of phenolic OH excluding ortho intramolecular Hbond substituents is 1. The van der Waals surface area contributed by atoms with Gasteiger partial charge in [0.15, 0.2) is 6.04 Å². The molecule has 5 nitrogen and oxygen atoms in total. The van der Waals surface area contributed by atoms with E-state index in [1.165, 1.54) is 12.1 Å². The average Bonchev–Trinajstić information content (AvgIpc) is 2.27. The number of phenols is 1. The van der Waals surface area contributed by atoms with Crippen LogP contribution in [-0.2, 0) is 9.59 Å². The third-order valence-corrected chi connectivity index (χ3v) is 2.30. The summed E-state index contributed by atoms with van der Waals surface area (Å²) in [6.07, 6.45) is 0.464. The number of hydrogen-bond donors (Lipinski definition) is 2. The van der Waals surface area contributed by atoms with E-state index in [4.69, 9.17) is 5.11 Å². The summed E-state index contributed by atoms with van der Waals surface area (Å²) in [4.78, 5) is 23.0. The third kappa shape index (κ3) is 2.31. The highest BCUT2D eigenvalue weighted by atomic mass is 16.4. The highest BCUT2D eigenvalue weighted by Gasteiger charge is 2.27. The van der Waals surface area contributed by atoms with Crippen molar-refractivity contribution in [1.29, 1.82) is 0 Å². The van der Waals surface area contributed by atoms with Crippen LogP contribution >= 0.6 is 0 Å². The second-order valence-electron chi connectivity index (χ2n) is 3.24. The molecule has 0 aliphatic carbocycles. The molecule has 1 aromatic rings. The molecule has 0 saturated carbocycles. The maximum Gasteiger partial charge on any atom is 0.331 e. The highest BCUT2D eigenvalue weighted by Crippen LogP contribution is 2.27. The Hall–Kier alpha value is -2.04. The SMILES string of the molecule is CCN(C=O)C(C(=O)O)c1ccccc1O. The molecule has 0 aliphatic heterocycles. The average molecular weight is 223 g/mol. The maximum absolute atomic E-state index is 11.1. The number of aliphatic carboxylic acids is 1.